The van der Waals surface area contributed by atoms with Crippen molar-refractivity contribution >= 4 is 11.7 Å². The van der Waals surface area contributed by atoms with Crippen molar-refractivity contribution in [3.63, 3.8) is 0 Å². The van der Waals surface area contributed by atoms with E-state index in [2.05, 4.69) is 47.4 Å². The fraction of sp³-hybridized carbons (Fsp3) is 0.625. The van der Waals surface area contributed by atoms with Gasteiger partial charge in [-0.05, 0) is 40.7 Å². The lowest BCUT2D eigenvalue weighted by atomic mass is 9.98. The van der Waals surface area contributed by atoms with Crippen LogP contribution in [0.15, 0.2) is 18.3 Å². The Hall–Kier alpha value is -1.62. The van der Waals surface area contributed by atoms with E-state index in [-0.39, 0.29) is 11.4 Å². The van der Waals surface area contributed by atoms with Crippen LogP contribution in [0.5, 0.6) is 0 Å². The molecule has 0 aliphatic carbocycles. The summed E-state index contributed by atoms with van der Waals surface area (Å²) in [5.74, 6) is 0.947. The van der Waals surface area contributed by atoms with Crippen molar-refractivity contribution in [2.45, 2.75) is 52.2 Å². The number of pyridine rings is 1. The van der Waals surface area contributed by atoms with E-state index in [9.17, 15) is 4.79 Å². The first-order valence-corrected chi connectivity index (χ1v) is 7.47. The minimum absolute atomic E-state index is 0.0436. The van der Waals surface area contributed by atoms with Crippen molar-refractivity contribution < 1.29 is 4.79 Å². The van der Waals surface area contributed by atoms with Gasteiger partial charge in [0, 0.05) is 36.9 Å². The molecular weight excluding hydrogens is 264 g/mol. The fourth-order valence-corrected chi connectivity index (χ4v) is 2.44. The van der Waals surface area contributed by atoms with E-state index in [0.717, 1.165) is 24.5 Å². The van der Waals surface area contributed by atoms with Gasteiger partial charge < -0.3 is 15.5 Å². The topological polar surface area (TPSA) is 57.3 Å². The molecule has 1 aliphatic rings. The second-order valence-electron chi connectivity index (χ2n) is 7.06. The van der Waals surface area contributed by atoms with Crippen LogP contribution >= 0.6 is 0 Å². The van der Waals surface area contributed by atoms with Crippen LogP contribution < -0.4 is 15.5 Å². The van der Waals surface area contributed by atoms with Gasteiger partial charge in [-0.15, -0.1) is 0 Å². The van der Waals surface area contributed by atoms with Gasteiger partial charge in [-0.25, -0.2) is 4.98 Å². The van der Waals surface area contributed by atoms with Gasteiger partial charge >= 0.3 is 0 Å². The van der Waals surface area contributed by atoms with E-state index in [1.165, 1.54) is 0 Å². The highest BCUT2D eigenvalue weighted by Crippen LogP contribution is 2.27. The summed E-state index contributed by atoms with van der Waals surface area (Å²) < 4.78 is 0. The zero-order chi connectivity index (χ0) is 15.7. The molecule has 2 heterocycles. The van der Waals surface area contributed by atoms with Gasteiger partial charge in [0.2, 0.25) is 5.91 Å². The summed E-state index contributed by atoms with van der Waals surface area (Å²) in [6.45, 7) is 12.5. The third-order valence-corrected chi connectivity index (χ3v) is 3.78. The van der Waals surface area contributed by atoms with E-state index >= 15 is 0 Å². The van der Waals surface area contributed by atoms with Crippen molar-refractivity contribution in [1.82, 2.24) is 15.6 Å². The summed E-state index contributed by atoms with van der Waals surface area (Å²) in [6.07, 6.45) is 1.79. The van der Waals surface area contributed by atoms with E-state index < -0.39 is 5.54 Å². The number of amides is 1. The molecule has 0 spiro atoms. The maximum atomic E-state index is 12.1. The van der Waals surface area contributed by atoms with Crippen LogP contribution in [0.25, 0.3) is 0 Å². The Morgan fingerprint density at radius 2 is 2.14 bits per heavy atom. The van der Waals surface area contributed by atoms with Crippen molar-refractivity contribution in [2.75, 3.05) is 18.0 Å². The molecule has 116 valence electrons. The highest BCUT2D eigenvalue weighted by molar-refractivity contribution is 5.90. The molecule has 0 radical (unpaired) electrons. The number of anilines is 1. The Labute approximate surface area is 127 Å². The lowest BCUT2D eigenvalue weighted by molar-refractivity contribution is -0.126. The summed E-state index contributed by atoms with van der Waals surface area (Å²) in [5, 5.41) is 6.41. The van der Waals surface area contributed by atoms with Gasteiger partial charge in [-0.3, -0.25) is 4.79 Å². The van der Waals surface area contributed by atoms with E-state index in [4.69, 9.17) is 0 Å². The number of aromatic nitrogens is 1. The largest absolute Gasteiger partial charge is 0.352 e. The fourth-order valence-electron chi connectivity index (χ4n) is 2.44. The van der Waals surface area contributed by atoms with Crippen LogP contribution in [0.3, 0.4) is 0 Å². The molecule has 2 N–H and O–H groups in total. The molecule has 0 bridgehead atoms. The second-order valence-corrected chi connectivity index (χ2v) is 7.06. The average molecular weight is 290 g/mol. The highest BCUT2D eigenvalue weighted by atomic mass is 16.2. The van der Waals surface area contributed by atoms with E-state index in [1.807, 2.05) is 19.9 Å². The Bertz CT molecular complexity index is 519. The average Bonchev–Trinajstić information content (AvgIpc) is 2.39. The molecule has 21 heavy (non-hydrogen) atoms. The standard InChI is InChI=1S/C16H26N4O/c1-15(2,3)19-11-12-7-6-8-17-13(12)20-10-9-18-14(21)16(20,4)5/h6-8,19H,9-11H2,1-5H3,(H,18,21). The first-order valence-electron chi connectivity index (χ1n) is 7.47. The van der Waals surface area contributed by atoms with Crippen LogP contribution in [0.4, 0.5) is 5.82 Å². The molecule has 1 aromatic heterocycles. The van der Waals surface area contributed by atoms with Crippen LogP contribution in [-0.4, -0.2) is 35.1 Å². The molecule has 0 atom stereocenters. The van der Waals surface area contributed by atoms with Crippen molar-refractivity contribution in [3.05, 3.63) is 23.9 Å². The Morgan fingerprint density at radius 1 is 1.43 bits per heavy atom. The van der Waals surface area contributed by atoms with Gasteiger partial charge in [0.05, 0.1) is 0 Å². The summed E-state index contributed by atoms with van der Waals surface area (Å²) in [7, 11) is 0. The lowest BCUT2D eigenvalue weighted by Gasteiger charge is -2.42. The molecule has 2 rings (SSSR count). The molecule has 1 aromatic rings. The zero-order valence-electron chi connectivity index (χ0n) is 13.7. The molecule has 0 unspecified atom stereocenters. The minimum Gasteiger partial charge on any atom is -0.352 e. The second kappa shape index (κ2) is 5.64. The molecule has 5 nitrogen and oxygen atoms in total. The van der Waals surface area contributed by atoms with E-state index in [0.29, 0.717) is 6.54 Å². The van der Waals surface area contributed by atoms with Gasteiger partial charge in [0.15, 0.2) is 0 Å². The molecule has 0 aromatic carbocycles. The quantitative estimate of drug-likeness (QED) is 0.889. The molecule has 1 fully saturated rings. The molecular formula is C16H26N4O. The number of piperazine rings is 1. The predicted molar refractivity (Wildman–Crippen MR) is 85.3 cm³/mol. The highest BCUT2D eigenvalue weighted by Gasteiger charge is 2.39. The number of nitrogens with zero attached hydrogens (tertiary/aromatic N) is 2. The maximum absolute atomic E-state index is 12.1. The van der Waals surface area contributed by atoms with Crippen molar-refractivity contribution in [1.29, 1.82) is 0 Å². The number of nitrogens with one attached hydrogen (secondary N) is 2. The van der Waals surface area contributed by atoms with Gasteiger partial charge in [0.25, 0.3) is 0 Å². The molecule has 5 heteroatoms. The third kappa shape index (κ3) is 3.53. The van der Waals surface area contributed by atoms with Gasteiger partial charge in [-0.2, -0.15) is 0 Å². The van der Waals surface area contributed by atoms with Crippen LogP contribution in [-0.2, 0) is 11.3 Å². The number of hydrogen-bond acceptors (Lipinski definition) is 4. The number of hydrogen-bond donors (Lipinski definition) is 2. The number of carbonyl (C=O) groups excluding carboxylic acids is 1. The molecule has 1 aliphatic heterocycles. The van der Waals surface area contributed by atoms with Crippen LogP contribution in [0, 0.1) is 0 Å². The van der Waals surface area contributed by atoms with Gasteiger partial charge in [-0.1, -0.05) is 6.07 Å². The van der Waals surface area contributed by atoms with Crippen LogP contribution in [0.1, 0.15) is 40.2 Å². The minimum atomic E-state index is -0.580. The summed E-state index contributed by atoms with van der Waals surface area (Å²) >= 11 is 0. The van der Waals surface area contributed by atoms with Crippen LogP contribution in [0.2, 0.25) is 0 Å². The number of rotatable bonds is 3. The van der Waals surface area contributed by atoms with Crippen molar-refractivity contribution in [2.24, 2.45) is 0 Å². The first kappa shape index (κ1) is 15.8. The smallest absolute Gasteiger partial charge is 0.245 e. The Morgan fingerprint density at radius 3 is 2.81 bits per heavy atom. The Balaban J connectivity index is 2.29. The molecule has 1 amide bonds. The maximum Gasteiger partial charge on any atom is 0.245 e. The third-order valence-electron chi connectivity index (χ3n) is 3.78. The first-order chi connectivity index (χ1) is 9.72. The van der Waals surface area contributed by atoms with Crippen molar-refractivity contribution in [3.8, 4) is 0 Å². The monoisotopic (exact) mass is 290 g/mol. The summed E-state index contributed by atoms with van der Waals surface area (Å²) in [4.78, 5) is 18.8. The van der Waals surface area contributed by atoms with Gasteiger partial charge in [0.1, 0.15) is 11.4 Å². The lowest BCUT2D eigenvalue weighted by Crippen LogP contribution is -2.62. The molecule has 1 saturated heterocycles. The predicted octanol–water partition coefficient (Wildman–Crippen LogP) is 1.68. The molecule has 0 saturated carbocycles. The summed E-state index contributed by atoms with van der Waals surface area (Å²) in [5.41, 5.74) is 0.584. The normalized spacial score (nSPS) is 18.5. The number of carbonyl (C=O) groups is 1. The zero-order valence-corrected chi connectivity index (χ0v) is 13.7. The SMILES string of the molecule is CC(C)(C)NCc1cccnc1N1CCNC(=O)C1(C)C. The summed E-state index contributed by atoms with van der Waals surface area (Å²) in [6, 6.07) is 4.02. The Kier molecular flexibility index (Phi) is 4.23. The van der Waals surface area contributed by atoms with E-state index in [1.54, 1.807) is 6.20 Å².